The lowest BCUT2D eigenvalue weighted by atomic mass is 9.83. The molecule has 0 fully saturated rings. The van der Waals surface area contributed by atoms with Crippen molar-refractivity contribution in [3.8, 4) is 0 Å². The Bertz CT molecular complexity index is 2820. The van der Waals surface area contributed by atoms with Crippen LogP contribution in [0.4, 0.5) is 9.59 Å². The van der Waals surface area contributed by atoms with Gasteiger partial charge in [-0.15, -0.1) is 0 Å². The Balaban J connectivity index is 0.664. The molecule has 0 aliphatic carbocycles. The van der Waals surface area contributed by atoms with E-state index in [-0.39, 0.29) is 34.8 Å². The van der Waals surface area contributed by atoms with Crippen LogP contribution in [-0.4, -0.2) is 163 Å². The van der Waals surface area contributed by atoms with Crippen LogP contribution in [0.2, 0.25) is 40.2 Å². The highest BCUT2D eigenvalue weighted by atomic mass is 35.5. The van der Waals surface area contributed by atoms with Crippen LogP contribution < -0.4 is 21.3 Å². The summed E-state index contributed by atoms with van der Waals surface area (Å²) in [6.45, 7) is 10.00. The van der Waals surface area contributed by atoms with E-state index < -0.39 is 0 Å². The third kappa shape index (κ3) is 17.0. The lowest BCUT2D eigenvalue weighted by Crippen LogP contribution is -2.39. The maximum absolute atomic E-state index is 13.4. The Hall–Kier alpha value is -3.56. The number of nitrogens with one attached hydrogen (secondary N) is 4. The first-order valence-corrected chi connectivity index (χ1v) is 29.1. The van der Waals surface area contributed by atoms with Crippen molar-refractivity contribution in [2.45, 2.75) is 57.8 Å². The lowest BCUT2D eigenvalue weighted by molar-refractivity contribution is -0.119. The Labute approximate surface area is 502 Å². The fourth-order valence-electron chi connectivity index (χ4n) is 10.00. The maximum Gasteiger partial charge on any atom is 0.314 e. The molecule has 6 amide bonds. The van der Waals surface area contributed by atoms with Crippen molar-refractivity contribution in [2.75, 3.05) is 119 Å². The Morgan fingerprint density at radius 2 is 1.08 bits per heavy atom. The number of rotatable bonds is 28. The van der Waals surface area contributed by atoms with Gasteiger partial charge in [-0.05, 0) is 108 Å². The number of benzene rings is 4. The molecule has 0 saturated heterocycles. The van der Waals surface area contributed by atoms with Gasteiger partial charge in [-0.3, -0.25) is 9.59 Å². The van der Waals surface area contributed by atoms with Crippen LogP contribution in [0.3, 0.4) is 0 Å². The number of halogens is 8. The van der Waals surface area contributed by atoms with E-state index in [0.29, 0.717) is 185 Å². The van der Waals surface area contributed by atoms with Gasteiger partial charge in [0, 0.05) is 110 Å². The quantitative estimate of drug-likeness (QED) is 0.0318. The monoisotopic (exact) mass is 1250 g/mol. The van der Waals surface area contributed by atoms with Crippen molar-refractivity contribution in [1.82, 2.24) is 40.9 Å². The predicted octanol–water partition coefficient (Wildman–Crippen LogP) is 10.4. The number of carbonyl (C=O) groups excluding carboxylic acids is 4. The fraction of sp³-hybridized carbons (Fsp3) is 0.491. The van der Waals surface area contributed by atoms with Gasteiger partial charge in [0.1, 0.15) is 0 Å². The summed E-state index contributed by atoms with van der Waals surface area (Å²) < 4.78 is 22.7. The first-order valence-electron chi connectivity index (χ1n) is 26.1. The molecule has 4 aromatic carbocycles. The van der Waals surface area contributed by atoms with Crippen LogP contribution in [0.1, 0.15) is 85.1 Å². The SMILES string of the molecule is Cc1c(CN(C=O)CCOCCOCCNC(=O)NCCCCNC(=O)NCCOCCOCCN2Cc3cc(C4CN(C)Cc5c(Cl)cc(Cl)cc54)c(Cl)c(Cl)c3C2=O)cc(C2CN(C)Cc3c(Cl)cc(Cl)cc32)c(Cl)c1Cl. The van der Waals surface area contributed by atoms with Crippen LogP contribution in [-0.2, 0) is 49.9 Å². The van der Waals surface area contributed by atoms with Crippen LogP contribution >= 0.6 is 92.8 Å². The molecule has 79 heavy (non-hydrogen) atoms. The number of fused-ring (bicyclic) bond motifs is 3. The number of nitrogens with zero attached hydrogens (tertiary/aromatic N) is 4. The summed E-state index contributed by atoms with van der Waals surface area (Å²) in [4.78, 5) is 57.6. The first kappa shape index (κ1) is 63.0. The van der Waals surface area contributed by atoms with Crippen molar-refractivity contribution in [3.05, 3.63) is 132 Å². The highest BCUT2D eigenvalue weighted by Crippen LogP contribution is 2.46. The van der Waals surface area contributed by atoms with E-state index in [1.54, 1.807) is 21.9 Å². The minimum atomic E-state index is -0.315. The van der Waals surface area contributed by atoms with Gasteiger partial charge in [0.25, 0.3) is 5.91 Å². The van der Waals surface area contributed by atoms with Gasteiger partial charge in [0.15, 0.2) is 0 Å². The minimum absolute atomic E-state index is 0.123. The molecule has 0 aromatic heterocycles. The molecule has 0 spiro atoms. The topological polar surface area (TPSA) is 166 Å². The number of likely N-dealkylation sites (N-methyl/N-ethyl adjacent to an activating group) is 2. The Morgan fingerprint density at radius 1 is 0.595 bits per heavy atom. The van der Waals surface area contributed by atoms with E-state index in [0.717, 1.165) is 56.5 Å². The van der Waals surface area contributed by atoms with Crippen LogP contribution in [0.15, 0.2) is 36.4 Å². The normalized spacial score (nSPS) is 16.1. The molecule has 3 heterocycles. The number of unbranched alkanes of at least 4 members (excludes halogenated alkanes) is 1. The molecule has 3 aliphatic rings. The molecule has 0 saturated carbocycles. The minimum Gasteiger partial charge on any atom is -0.377 e. The molecule has 0 bridgehead atoms. The highest BCUT2D eigenvalue weighted by molar-refractivity contribution is 6.45. The van der Waals surface area contributed by atoms with E-state index in [4.69, 9.17) is 112 Å². The number of carbonyl (C=O) groups is 4. The summed E-state index contributed by atoms with van der Waals surface area (Å²) >= 11 is 53.4. The second-order valence-corrected chi connectivity index (χ2v) is 22.9. The van der Waals surface area contributed by atoms with Gasteiger partial charge in [-0.1, -0.05) is 105 Å². The molecule has 4 N–H and O–H groups in total. The molecule has 4 aromatic rings. The third-order valence-electron chi connectivity index (χ3n) is 14.0. The average Bonchev–Trinajstić information content (AvgIpc) is 3.80. The maximum atomic E-state index is 13.4. The van der Waals surface area contributed by atoms with Gasteiger partial charge in [-0.25, -0.2) is 9.59 Å². The van der Waals surface area contributed by atoms with E-state index in [1.807, 2.05) is 45.3 Å². The highest BCUT2D eigenvalue weighted by Gasteiger charge is 2.36. The largest absolute Gasteiger partial charge is 0.377 e. The van der Waals surface area contributed by atoms with E-state index in [1.165, 1.54) is 0 Å². The average molecular weight is 1250 g/mol. The van der Waals surface area contributed by atoms with Crippen LogP contribution in [0.5, 0.6) is 0 Å². The molecule has 2 atom stereocenters. The van der Waals surface area contributed by atoms with Gasteiger partial charge in [0.05, 0.1) is 78.5 Å². The first-order chi connectivity index (χ1) is 37.9. The van der Waals surface area contributed by atoms with Gasteiger partial charge >= 0.3 is 12.1 Å². The molecule has 16 nitrogen and oxygen atoms in total. The summed E-state index contributed by atoms with van der Waals surface area (Å²) in [5.41, 5.74) is 8.59. The van der Waals surface area contributed by atoms with Crippen molar-refractivity contribution < 1.29 is 38.1 Å². The summed E-state index contributed by atoms with van der Waals surface area (Å²) in [6, 6.07) is 10.7. The summed E-state index contributed by atoms with van der Waals surface area (Å²) in [5.74, 6) is -0.444. The standard InChI is InChI=1S/C55H66Cl8N8O8/c1-33-34(20-40(50(61)49(33)60)42-28-68(2)30-44-38(42)22-36(56)24-46(44)58)26-70(32-72)10-14-78-18-16-76-12-8-66-54(74)64-6-4-5-7-65-55(75)67-9-13-77-17-19-79-15-11-71-27-35-21-41(51(62)52(63)48(35)53(71)73)43-29-69(3)31-45-39(43)23-37(57)25-47(45)59/h20-25,32,42-43H,4-19,26-31H2,1-3H3,(H2,64,66,74)(H2,65,67,75). The number of ether oxygens (including phenoxy) is 4. The summed E-state index contributed by atoms with van der Waals surface area (Å²) in [6.07, 6.45) is 2.12. The Kier molecular flexibility index (Phi) is 24.5. The molecular weight excluding hydrogens is 1180 g/mol. The molecule has 430 valence electrons. The zero-order valence-electron chi connectivity index (χ0n) is 44.3. The zero-order valence-corrected chi connectivity index (χ0v) is 50.4. The summed E-state index contributed by atoms with van der Waals surface area (Å²) in [5, 5.41) is 14.9. The third-order valence-corrected chi connectivity index (χ3v) is 17.0. The van der Waals surface area contributed by atoms with Crippen molar-refractivity contribution in [3.63, 3.8) is 0 Å². The molecule has 24 heteroatoms. The number of hydrogen-bond donors (Lipinski definition) is 4. The van der Waals surface area contributed by atoms with Gasteiger partial charge in [-0.2, -0.15) is 0 Å². The Morgan fingerprint density at radius 3 is 1.61 bits per heavy atom. The number of amides is 6. The van der Waals surface area contributed by atoms with Crippen molar-refractivity contribution in [2.24, 2.45) is 0 Å². The number of hydrogen-bond acceptors (Lipinski definition) is 10. The van der Waals surface area contributed by atoms with Crippen molar-refractivity contribution in [1.29, 1.82) is 0 Å². The van der Waals surface area contributed by atoms with Gasteiger partial charge in [0.2, 0.25) is 6.41 Å². The number of urea groups is 2. The van der Waals surface area contributed by atoms with Gasteiger partial charge < -0.3 is 59.8 Å². The molecule has 2 unspecified atom stereocenters. The smallest absolute Gasteiger partial charge is 0.314 e. The second kappa shape index (κ2) is 30.7. The fourth-order valence-corrected chi connectivity index (χ4v) is 12.3. The van der Waals surface area contributed by atoms with E-state index >= 15 is 0 Å². The summed E-state index contributed by atoms with van der Waals surface area (Å²) in [7, 11) is 4.05. The molecular formula is C55H66Cl8N8O8. The van der Waals surface area contributed by atoms with Crippen LogP contribution in [0.25, 0.3) is 0 Å². The zero-order chi connectivity index (χ0) is 56.8. The predicted molar refractivity (Wildman–Crippen MR) is 313 cm³/mol. The van der Waals surface area contributed by atoms with E-state index in [2.05, 4.69) is 31.1 Å². The van der Waals surface area contributed by atoms with Crippen LogP contribution in [0, 0.1) is 6.92 Å². The molecule has 7 rings (SSSR count). The van der Waals surface area contributed by atoms with E-state index in [9.17, 15) is 19.2 Å². The molecule has 0 radical (unpaired) electrons. The van der Waals surface area contributed by atoms with Crippen molar-refractivity contribution >= 4 is 117 Å². The second-order valence-electron chi connectivity index (χ2n) is 19.7. The molecule has 3 aliphatic heterocycles. The lowest BCUT2D eigenvalue weighted by Gasteiger charge is -2.34.